The number of H-pyrrole nitrogens is 1. The summed E-state index contributed by atoms with van der Waals surface area (Å²) < 4.78 is 2.58. The number of aromatic nitrogens is 4. The Morgan fingerprint density at radius 1 is 1.36 bits per heavy atom. The smallest absolute Gasteiger partial charge is 0.170 e. The van der Waals surface area contributed by atoms with Crippen molar-refractivity contribution in [3.05, 3.63) is 16.0 Å². The van der Waals surface area contributed by atoms with Gasteiger partial charge in [-0.2, -0.15) is 5.10 Å². The number of fused-ring (bicyclic) bond motifs is 1. The molecule has 0 saturated carbocycles. The van der Waals surface area contributed by atoms with Crippen molar-refractivity contribution in [3.63, 3.8) is 0 Å². The van der Waals surface area contributed by atoms with Crippen LogP contribution in [0.25, 0.3) is 5.65 Å². The first-order chi connectivity index (χ1) is 5.18. The topological polar surface area (TPSA) is 46.0 Å². The molecule has 2 rings (SSSR count). The second-order valence-electron chi connectivity index (χ2n) is 2.45. The van der Waals surface area contributed by atoms with Crippen LogP contribution in [0.3, 0.4) is 0 Å². The molecule has 11 heavy (non-hydrogen) atoms. The average Bonchev–Trinajstić information content (AvgIpc) is 2.37. The van der Waals surface area contributed by atoms with Crippen LogP contribution in [0.2, 0.25) is 0 Å². The second kappa shape index (κ2) is 2.07. The highest BCUT2D eigenvalue weighted by molar-refractivity contribution is 9.10. The minimum Gasteiger partial charge on any atom is -0.325 e. The fraction of sp³-hybridized carbons (Fsp3) is 0.333. The second-order valence-corrected chi connectivity index (χ2v) is 3.24. The molecule has 4 nitrogen and oxygen atoms in total. The molecular formula is C6H7BrN4. The van der Waals surface area contributed by atoms with Crippen LogP contribution in [0.4, 0.5) is 0 Å². The summed E-state index contributed by atoms with van der Waals surface area (Å²) in [5.41, 5.74) is 1.86. The molecule has 0 aromatic carbocycles. The fourth-order valence-corrected chi connectivity index (χ4v) is 1.35. The number of rotatable bonds is 0. The van der Waals surface area contributed by atoms with Crippen molar-refractivity contribution >= 4 is 21.6 Å². The van der Waals surface area contributed by atoms with Gasteiger partial charge in [-0.05, 0) is 29.8 Å². The maximum atomic E-state index is 4.16. The van der Waals surface area contributed by atoms with Crippen LogP contribution in [0.5, 0.6) is 0 Å². The van der Waals surface area contributed by atoms with Crippen molar-refractivity contribution in [2.45, 2.75) is 13.8 Å². The third-order valence-corrected chi connectivity index (χ3v) is 2.46. The Labute approximate surface area is 71.7 Å². The maximum Gasteiger partial charge on any atom is 0.170 e. The number of halogens is 1. The number of hydrogen-bond acceptors (Lipinski definition) is 2. The molecule has 0 radical (unpaired) electrons. The molecule has 0 aliphatic heterocycles. The first kappa shape index (κ1) is 6.84. The Morgan fingerprint density at radius 3 is 2.73 bits per heavy atom. The van der Waals surface area contributed by atoms with Crippen molar-refractivity contribution in [1.29, 1.82) is 0 Å². The quantitative estimate of drug-likeness (QED) is 0.722. The van der Waals surface area contributed by atoms with E-state index in [4.69, 9.17) is 0 Å². The van der Waals surface area contributed by atoms with Gasteiger partial charge >= 0.3 is 0 Å². The number of nitrogens with zero attached hydrogens (tertiary/aromatic N) is 3. The molecule has 0 spiro atoms. The van der Waals surface area contributed by atoms with Crippen LogP contribution < -0.4 is 0 Å². The molecular weight excluding hydrogens is 208 g/mol. The van der Waals surface area contributed by atoms with Crippen LogP contribution in [0.15, 0.2) is 4.47 Å². The van der Waals surface area contributed by atoms with Crippen molar-refractivity contribution in [2.75, 3.05) is 0 Å². The van der Waals surface area contributed by atoms with E-state index in [-0.39, 0.29) is 0 Å². The maximum absolute atomic E-state index is 4.16. The van der Waals surface area contributed by atoms with Crippen molar-refractivity contribution < 1.29 is 0 Å². The van der Waals surface area contributed by atoms with Gasteiger partial charge in [0.05, 0.1) is 10.2 Å². The lowest BCUT2D eigenvalue weighted by Gasteiger charge is -1.80. The van der Waals surface area contributed by atoms with E-state index in [2.05, 4.69) is 31.1 Å². The van der Waals surface area contributed by atoms with Gasteiger partial charge in [0.2, 0.25) is 0 Å². The van der Waals surface area contributed by atoms with E-state index < -0.39 is 0 Å². The van der Waals surface area contributed by atoms with E-state index in [0.717, 1.165) is 21.6 Å². The van der Waals surface area contributed by atoms with E-state index in [1.54, 1.807) is 4.63 Å². The summed E-state index contributed by atoms with van der Waals surface area (Å²) in [6.45, 7) is 3.83. The summed E-state index contributed by atoms with van der Waals surface area (Å²) in [4.78, 5) is 3.09. The van der Waals surface area contributed by atoms with Gasteiger partial charge < -0.3 is 4.98 Å². The minimum atomic E-state index is 0.869. The van der Waals surface area contributed by atoms with Gasteiger partial charge in [-0.15, -0.1) is 9.73 Å². The monoisotopic (exact) mass is 214 g/mol. The van der Waals surface area contributed by atoms with E-state index in [1.807, 2.05) is 13.8 Å². The SMILES string of the molecule is Cc1nn2nc(C)c(Br)c2[nH]1. The number of hydrogen-bond donors (Lipinski definition) is 1. The Morgan fingerprint density at radius 2 is 2.09 bits per heavy atom. The van der Waals surface area contributed by atoms with Crippen LogP contribution >= 0.6 is 15.9 Å². The first-order valence-corrected chi connectivity index (χ1v) is 4.05. The fourth-order valence-electron chi connectivity index (χ4n) is 1.01. The summed E-state index contributed by atoms with van der Waals surface area (Å²) in [6.07, 6.45) is 0. The van der Waals surface area contributed by atoms with Gasteiger partial charge in [0.1, 0.15) is 5.82 Å². The Hall–Kier alpha value is -0.840. The molecule has 1 N–H and O–H groups in total. The predicted octanol–water partition coefficient (Wildman–Crippen LogP) is 1.44. The zero-order chi connectivity index (χ0) is 8.01. The first-order valence-electron chi connectivity index (χ1n) is 3.26. The summed E-state index contributed by atoms with van der Waals surface area (Å²) in [6, 6.07) is 0. The summed E-state index contributed by atoms with van der Waals surface area (Å²) in [5, 5.41) is 8.28. The highest BCUT2D eigenvalue weighted by Crippen LogP contribution is 2.19. The van der Waals surface area contributed by atoms with Gasteiger partial charge in [-0.1, -0.05) is 0 Å². The summed E-state index contributed by atoms with van der Waals surface area (Å²) in [5.74, 6) is 0.869. The lowest BCUT2D eigenvalue weighted by molar-refractivity contribution is 0.793. The lowest BCUT2D eigenvalue weighted by Crippen LogP contribution is -1.86. The Bertz CT molecular complexity index is 400. The largest absolute Gasteiger partial charge is 0.325 e. The van der Waals surface area contributed by atoms with Crippen LogP contribution in [0, 0.1) is 13.8 Å². The molecule has 2 heterocycles. The number of nitrogens with one attached hydrogen (secondary N) is 1. The molecule has 0 unspecified atom stereocenters. The molecule has 0 aliphatic rings. The molecule has 2 aromatic rings. The number of aryl methyl sites for hydroxylation is 2. The van der Waals surface area contributed by atoms with Crippen LogP contribution in [0.1, 0.15) is 11.5 Å². The zero-order valence-corrected chi connectivity index (χ0v) is 7.81. The number of aromatic amines is 1. The minimum absolute atomic E-state index is 0.869. The standard InChI is InChI=1S/C6H7BrN4/c1-3-5(7)6-8-4(2)10-11(6)9-3/h1-2H3,(H,8,10). The average molecular weight is 215 g/mol. The Kier molecular flexibility index (Phi) is 1.29. The third kappa shape index (κ3) is 0.875. The Balaban J connectivity index is 2.88. The van der Waals surface area contributed by atoms with Crippen LogP contribution in [-0.2, 0) is 0 Å². The van der Waals surface area contributed by atoms with Gasteiger partial charge in [-0.25, -0.2) is 0 Å². The van der Waals surface area contributed by atoms with E-state index in [9.17, 15) is 0 Å². The molecule has 0 bridgehead atoms. The summed E-state index contributed by atoms with van der Waals surface area (Å²) in [7, 11) is 0. The lowest BCUT2D eigenvalue weighted by atomic mass is 10.5. The third-order valence-electron chi connectivity index (χ3n) is 1.51. The molecule has 0 fully saturated rings. The van der Waals surface area contributed by atoms with E-state index in [0.29, 0.717) is 0 Å². The summed E-state index contributed by atoms with van der Waals surface area (Å²) >= 11 is 3.41. The van der Waals surface area contributed by atoms with Gasteiger partial charge in [0.15, 0.2) is 5.65 Å². The van der Waals surface area contributed by atoms with E-state index >= 15 is 0 Å². The van der Waals surface area contributed by atoms with Crippen molar-refractivity contribution in [2.24, 2.45) is 0 Å². The van der Waals surface area contributed by atoms with Crippen molar-refractivity contribution in [1.82, 2.24) is 19.8 Å². The highest BCUT2D eigenvalue weighted by atomic mass is 79.9. The molecule has 0 saturated heterocycles. The highest BCUT2D eigenvalue weighted by Gasteiger charge is 2.08. The normalized spacial score (nSPS) is 11.2. The molecule has 0 amide bonds. The van der Waals surface area contributed by atoms with E-state index in [1.165, 1.54) is 0 Å². The molecule has 0 aliphatic carbocycles. The predicted molar refractivity (Wildman–Crippen MR) is 44.5 cm³/mol. The van der Waals surface area contributed by atoms with Crippen LogP contribution in [-0.4, -0.2) is 19.8 Å². The molecule has 0 atom stereocenters. The zero-order valence-electron chi connectivity index (χ0n) is 6.22. The van der Waals surface area contributed by atoms with Gasteiger partial charge in [0.25, 0.3) is 0 Å². The van der Waals surface area contributed by atoms with Gasteiger partial charge in [0, 0.05) is 0 Å². The molecule has 5 heteroatoms. The molecule has 2 aromatic heterocycles. The van der Waals surface area contributed by atoms with Crippen molar-refractivity contribution in [3.8, 4) is 0 Å². The molecule has 58 valence electrons. The van der Waals surface area contributed by atoms with Gasteiger partial charge in [-0.3, -0.25) is 0 Å².